The molecule has 0 saturated heterocycles. The summed E-state index contributed by atoms with van der Waals surface area (Å²) in [4.78, 5) is 4.58. The molecule has 2 heteroatoms. The van der Waals surface area contributed by atoms with Gasteiger partial charge in [0.05, 0.1) is 6.61 Å². The van der Waals surface area contributed by atoms with Crippen molar-refractivity contribution in [2.45, 2.75) is 45.4 Å². The molecule has 1 aliphatic rings. The predicted molar refractivity (Wildman–Crippen MR) is 61.3 cm³/mol. The molecule has 1 aromatic rings. The Bertz CT molecular complexity index is 322. The number of ether oxygens (including phenoxy) is 1. The smallest absolute Gasteiger partial charge is 0.213 e. The Hall–Kier alpha value is -1.05. The van der Waals surface area contributed by atoms with E-state index in [4.69, 9.17) is 4.74 Å². The third-order valence-electron chi connectivity index (χ3n) is 2.94. The van der Waals surface area contributed by atoms with Crippen molar-refractivity contribution in [3.05, 3.63) is 23.4 Å². The fraction of sp³-hybridized carbons (Fsp3) is 0.615. The van der Waals surface area contributed by atoms with Crippen molar-refractivity contribution in [1.29, 1.82) is 0 Å². The monoisotopic (exact) mass is 205 g/mol. The third-order valence-corrected chi connectivity index (χ3v) is 2.94. The van der Waals surface area contributed by atoms with Gasteiger partial charge in [0.25, 0.3) is 0 Å². The quantitative estimate of drug-likeness (QED) is 0.740. The molecule has 1 heterocycles. The van der Waals surface area contributed by atoms with Crippen molar-refractivity contribution in [1.82, 2.24) is 4.98 Å². The standard InChI is InChI=1S/C13H19NO/c1-2-15-13-10-9-11-7-5-3-4-6-8-12(11)14-13/h9-10H,2-8H2,1H3. The SMILES string of the molecule is CCOc1ccc2c(n1)CCCCCC2. The minimum Gasteiger partial charge on any atom is -0.478 e. The van der Waals surface area contributed by atoms with E-state index in [0.717, 1.165) is 12.3 Å². The van der Waals surface area contributed by atoms with Crippen LogP contribution in [0.4, 0.5) is 0 Å². The van der Waals surface area contributed by atoms with Crippen molar-refractivity contribution < 1.29 is 4.74 Å². The number of rotatable bonds is 2. The molecular formula is C13H19NO. The van der Waals surface area contributed by atoms with E-state index < -0.39 is 0 Å². The zero-order chi connectivity index (χ0) is 10.5. The first-order valence-corrected chi connectivity index (χ1v) is 6.01. The summed E-state index contributed by atoms with van der Waals surface area (Å²) in [5.74, 6) is 0.789. The zero-order valence-electron chi connectivity index (χ0n) is 9.46. The third kappa shape index (κ3) is 2.71. The molecule has 0 radical (unpaired) electrons. The summed E-state index contributed by atoms with van der Waals surface area (Å²) in [7, 11) is 0. The fourth-order valence-corrected chi connectivity index (χ4v) is 2.14. The van der Waals surface area contributed by atoms with Gasteiger partial charge in [-0.3, -0.25) is 0 Å². The first-order valence-electron chi connectivity index (χ1n) is 6.01. The van der Waals surface area contributed by atoms with Gasteiger partial charge in [-0.1, -0.05) is 18.9 Å². The van der Waals surface area contributed by atoms with E-state index in [0.29, 0.717) is 6.61 Å². The molecule has 2 rings (SSSR count). The Kier molecular flexibility index (Phi) is 3.59. The second-order valence-electron chi connectivity index (χ2n) is 4.10. The molecule has 0 atom stereocenters. The molecule has 0 spiro atoms. The van der Waals surface area contributed by atoms with E-state index in [2.05, 4.69) is 11.1 Å². The fourth-order valence-electron chi connectivity index (χ4n) is 2.14. The van der Waals surface area contributed by atoms with Gasteiger partial charge >= 0.3 is 0 Å². The van der Waals surface area contributed by atoms with Gasteiger partial charge in [0, 0.05) is 11.8 Å². The largest absolute Gasteiger partial charge is 0.478 e. The summed E-state index contributed by atoms with van der Waals surface area (Å²) in [6, 6.07) is 4.20. The van der Waals surface area contributed by atoms with Crippen LogP contribution >= 0.6 is 0 Å². The number of aryl methyl sites for hydroxylation is 2. The lowest BCUT2D eigenvalue weighted by Crippen LogP contribution is -2.04. The van der Waals surface area contributed by atoms with E-state index >= 15 is 0 Å². The van der Waals surface area contributed by atoms with Crippen LogP contribution < -0.4 is 4.74 Å². The Morgan fingerprint density at radius 1 is 1.13 bits per heavy atom. The Labute approximate surface area is 91.7 Å². The summed E-state index contributed by atoms with van der Waals surface area (Å²) in [6.45, 7) is 2.70. The van der Waals surface area contributed by atoms with Crippen molar-refractivity contribution in [3.63, 3.8) is 0 Å². The summed E-state index contributed by atoms with van der Waals surface area (Å²) in [6.07, 6.45) is 7.61. The lowest BCUT2D eigenvalue weighted by Gasteiger charge is -2.13. The van der Waals surface area contributed by atoms with E-state index in [1.54, 1.807) is 0 Å². The van der Waals surface area contributed by atoms with Crippen molar-refractivity contribution in [2.75, 3.05) is 6.61 Å². The molecule has 0 aromatic carbocycles. The first kappa shape index (κ1) is 10.5. The minimum absolute atomic E-state index is 0.700. The van der Waals surface area contributed by atoms with Gasteiger partial charge in [-0.15, -0.1) is 0 Å². The number of fused-ring (bicyclic) bond motifs is 1. The number of nitrogens with zero attached hydrogens (tertiary/aromatic N) is 1. The number of aromatic nitrogens is 1. The van der Waals surface area contributed by atoms with E-state index in [-0.39, 0.29) is 0 Å². The normalized spacial score (nSPS) is 16.3. The molecule has 0 saturated carbocycles. The molecule has 0 amide bonds. The van der Waals surface area contributed by atoms with Crippen LogP contribution in [0.15, 0.2) is 12.1 Å². The Balaban J connectivity index is 2.19. The van der Waals surface area contributed by atoms with Gasteiger partial charge in [-0.05, 0) is 38.2 Å². The summed E-state index contributed by atoms with van der Waals surface area (Å²) < 4.78 is 5.43. The number of pyridine rings is 1. The maximum atomic E-state index is 5.43. The van der Waals surface area contributed by atoms with E-state index in [1.807, 2.05) is 13.0 Å². The Morgan fingerprint density at radius 2 is 1.93 bits per heavy atom. The maximum Gasteiger partial charge on any atom is 0.213 e. The van der Waals surface area contributed by atoms with Crippen molar-refractivity contribution in [3.8, 4) is 5.88 Å². The lowest BCUT2D eigenvalue weighted by molar-refractivity contribution is 0.325. The molecule has 0 aliphatic heterocycles. The van der Waals surface area contributed by atoms with Gasteiger partial charge in [-0.2, -0.15) is 0 Å². The second-order valence-corrected chi connectivity index (χ2v) is 4.10. The molecule has 1 aliphatic carbocycles. The molecular weight excluding hydrogens is 186 g/mol. The summed E-state index contributed by atoms with van der Waals surface area (Å²) in [5.41, 5.74) is 2.69. The molecule has 2 nitrogen and oxygen atoms in total. The molecule has 0 fully saturated rings. The summed E-state index contributed by atoms with van der Waals surface area (Å²) >= 11 is 0. The van der Waals surface area contributed by atoms with Crippen LogP contribution in [-0.2, 0) is 12.8 Å². The van der Waals surface area contributed by atoms with Crippen LogP contribution in [0, 0.1) is 0 Å². The average molecular weight is 205 g/mol. The highest BCUT2D eigenvalue weighted by molar-refractivity contribution is 5.26. The molecule has 82 valence electrons. The highest BCUT2D eigenvalue weighted by Gasteiger charge is 2.09. The van der Waals surface area contributed by atoms with Gasteiger partial charge < -0.3 is 4.74 Å². The van der Waals surface area contributed by atoms with E-state index in [9.17, 15) is 0 Å². The molecule has 0 unspecified atom stereocenters. The van der Waals surface area contributed by atoms with Crippen LogP contribution in [0.1, 0.15) is 43.9 Å². The highest BCUT2D eigenvalue weighted by Crippen LogP contribution is 2.21. The predicted octanol–water partition coefficient (Wildman–Crippen LogP) is 3.14. The van der Waals surface area contributed by atoms with Crippen LogP contribution in [0.25, 0.3) is 0 Å². The second kappa shape index (κ2) is 5.15. The Morgan fingerprint density at radius 3 is 2.73 bits per heavy atom. The number of hydrogen-bond donors (Lipinski definition) is 0. The minimum atomic E-state index is 0.700. The maximum absolute atomic E-state index is 5.43. The zero-order valence-corrected chi connectivity index (χ0v) is 9.46. The van der Waals surface area contributed by atoms with Gasteiger partial charge in [0.15, 0.2) is 0 Å². The van der Waals surface area contributed by atoms with Crippen molar-refractivity contribution >= 4 is 0 Å². The van der Waals surface area contributed by atoms with Crippen molar-refractivity contribution in [2.24, 2.45) is 0 Å². The van der Waals surface area contributed by atoms with Gasteiger partial charge in [-0.25, -0.2) is 4.98 Å². The van der Waals surface area contributed by atoms with Crippen LogP contribution in [0.3, 0.4) is 0 Å². The van der Waals surface area contributed by atoms with Gasteiger partial charge in [0.2, 0.25) is 5.88 Å². The van der Waals surface area contributed by atoms with E-state index in [1.165, 1.54) is 43.4 Å². The molecule has 0 bridgehead atoms. The molecule has 15 heavy (non-hydrogen) atoms. The highest BCUT2D eigenvalue weighted by atomic mass is 16.5. The van der Waals surface area contributed by atoms with Crippen LogP contribution in [-0.4, -0.2) is 11.6 Å². The van der Waals surface area contributed by atoms with Crippen LogP contribution in [0.2, 0.25) is 0 Å². The molecule has 0 N–H and O–H groups in total. The van der Waals surface area contributed by atoms with Gasteiger partial charge in [0.1, 0.15) is 0 Å². The van der Waals surface area contributed by atoms with Crippen LogP contribution in [0.5, 0.6) is 5.88 Å². The lowest BCUT2D eigenvalue weighted by atomic mass is 9.97. The molecule has 1 aromatic heterocycles. The average Bonchev–Trinajstić information content (AvgIpc) is 2.20. The summed E-state index contributed by atoms with van der Waals surface area (Å²) in [5, 5.41) is 0. The number of hydrogen-bond acceptors (Lipinski definition) is 2. The topological polar surface area (TPSA) is 22.1 Å². The first-order chi connectivity index (χ1) is 7.40.